The molecule has 0 amide bonds. The minimum absolute atomic E-state index is 0.358. The van der Waals surface area contributed by atoms with Crippen LogP contribution in [0.25, 0.3) is 11.3 Å². The van der Waals surface area contributed by atoms with Gasteiger partial charge in [-0.1, -0.05) is 35.8 Å². The SMILES string of the molecule is Cc1cc(Br)ccc1-c1nn(C)c(N)c1C(C)C. The molecule has 0 aliphatic heterocycles. The fourth-order valence-electron chi connectivity index (χ4n) is 2.21. The first-order chi connectivity index (χ1) is 8.41. The van der Waals surface area contributed by atoms with Crippen molar-refractivity contribution in [1.29, 1.82) is 0 Å². The van der Waals surface area contributed by atoms with Crippen LogP contribution in [0.15, 0.2) is 22.7 Å². The van der Waals surface area contributed by atoms with Crippen LogP contribution < -0.4 is 5.73 Å². The molecule has 2 N–H and O–H groups in total. The molecule has 0 aliphatic rings. The largest absolute Gasteiger partial charge is 0.384 e. The third-order valence-corrected chi connectivity index (χ3v) is 3.64. The molecular formula is C14H18BrN3. The standard InChI is InChI=1S/C14H18BrN3/c1-8(2)12-13(17-18(4)14(12)16)11-6-5-10(15)7-9(11)3/h5-8H,16H2,1-4H3. The summed E-state index contributed by atoms with van der Waals surface area (Å²) in [5, 5.41) is 4.57. The quantitative estimate of drug-likeness (QED) is 0.915. The van der Waals surface area contributed by atoms with Gasteiger partial charge in [0.15, 0.2) is 0 Å². The predicted molar refractivity (Wildman–Crippen MR) is 79.6 cm³/mol. The zero-order valence-electron chi connectivity index (χ0n) is 11.2. The summed E-state index contributed by atoms with van der Waals surface area (Å²) in [5.41, 5.74) is 10.6. The topological polar surface area (TPSA) is 43.8 Å². The van der Waals surface area contributed by atoms with Gasteiger partial charge in [0.1, 0.15) is 5.82 Å². The van der Waals surface area contributed by atoms with E-state index in [1.54, 1.807) is 4.68 Å². The minimum Gasteiger partial charge on any atom is -0.384 e. The Hall–Kier alpha value is -1.29. The minimum atomic E-state index is 0.358. The molecule has 0 atom stereocenters. The van der Waals surface area contributed by atoms with Crippen LogP contribution >= 0.6 is 15.9 Å². The number of rotatable bonds is 2. The first-order valence-electron chi connectivity index (χ1n) is 6.00. The van der Waals surface area contributed by atoms with Crippen molar-refractivity contribution >= 4 is 21.7 Å². The molecule has 1 heterocycles. The third kappa shape index (κ3) is 2.17. The number of nitrogens with two attached hydrogens (primary N) is 1. The second kappa shape index (κ2) is 4.76. The summed E-state index contributed by atoms with van der Waals surface area (Å²) in [6.07, 6.45) is 0. The van der Waals surface area contributed by atoms with Crippen LogP contribution in [0.2, 0.25) is 0 Å². The first-order valence-corrected chi connectivity index (χ1v) is 6.80. The predicted octanol–water partition coefficient (Wildman–Crippen LogP) is 3.86. The van der Waals surface area contributed by atoms with E-state index >= 15 is 0 Å². The van der Waals surface area contributed by atoms with E-state index in [2.05, 4.69) is 53.9 Å². The lowest BCUT2D eigenvalue weighted by Gasteiger charge is -2.09. The molecule has 2 aromatic rings. The normalized spacial score (nSPS) is 11.2. The van der Waals surface area contributed by atoms with Gasteiger partial charge in [-0.3, -0.25) is 4.68 Å². The van der Waals surface area contributed by atoms with Gasteiger partial charge in [0.2, 0.25) is 0 Å². The molecule has 0 radical (unpaired) electrons. The summed E-state index contributed by atoms with van der Waals surface area (Å²) in [7, 11) is 1.89. The van der Waals surface area contributed by atoms with Crippen LogP contribution in [-0.4, -0.2) is 9.78 Å². The van der Waals surface area contributed by atoms with E-state index in [0.717, 1.165) is 27.1 Å². The van der Waals surface area contributed by atoms with Crippen molar-refractivity contribution < 1.29 is 0 Å². The first kappa shape index (κ1) is 13.1. The highest BCUT2D eigenvalue weighted by Gasteiger charge is 2.19. The molecule has 0 saturated heterocycles. The Kier molecular flexibility index (Phi) is 3.48. The number of aryl methyl sites for hydroxylation is 2. The second-order valence-electron chi connectivity index (χ2n) is 4.89. The lowest BCUT2D eigenvalue weighted by Crippen LogP contribution is -2.00. The number of hydrogen-bond acceptors (Lipinski definition) is 2. The van der Waals surface area contributed by atoms with Crippen molar-refractivity contribution in [1.82, 2.24) is 9.78 Å². The van der Waals surface area contributed by atoms with Crippen LogP contribution in [-0.2, 0) is 7.05 Å². The second-order valence-corrected chi connectivity index (χ2v) is 5.80. The van der Waals surface area contributed by atoms with Gasteiger partial charge < -0.3 is 5.73 Å². The van der Waals surface area contributed by atoms with Crippen molar-refractivity contribution in [2.45, 2.75) is 26.7 Å². The fourth-order valence-corrected chi connectivity index (χ4v) is 2.69. The highest BCUT2D eigenvalue weighted by Crippen LogP contribution is 2.34. The van der Waals surface area contributed by atoms with Crippen LogP contribution in [0.1, 0.15) is 30.9 Å². The number of nitrogens with zero attached hydrogens (tertiary/aromatic N) is 2. The van der Waals surface area contributed by atoms with E-state index in [1.165, 1.54) is 5.56 Å². The van der Waals surface area contributed by atoms with Crippen molar-refractivity contribution in [3.05, 3.63) is 33.8 Å². The molecule has 0 saturated carbocycles. The maximum Gasteiger partial charge on any atom is 0.125 e. The molecule has 0 aliphatic carbocycles. The molecule has 1 aromatic carbocycles. The lowest BCUT2D eigenvalue weighted by atomic mass is 9.96. The van der Waals surface area contributed by atoms with E-state index in [1.807, 2.05) is 13.1 Å². The van der Waals surface area contributed by atoms with E-state index in [9.17, 15) is 0 Å². The van der Waals surface area contributed by atoms with Crippen molar-refractivity contribution in [2.75, 3.05) is 5.73 Å². The Labute approximate surface area is 116 Å². The van der Waals surface area contributed by atoms with Gasteiger partial charge in [-0.2, -0.15) is 5.10 Å². The number of nitrogen functional groups attached to an aromatic ring is 1. The zero-order valence-corrected chi connectivity index (χ0v) is 12.7. The Morgan fingerprint density at radius 3 is 2.56 bits per heavy atom. The van der Waals surface area contributed by atoms with Crippen LogP contribution in [0.5, 0.6) is 0 Å². The maximum atomic E-state index is 6.11. The van der Waals surface area contributed by atoms with Gasteiger partial charge >= 0.3 is 0 Å². The molecule has 18 heavy (non-hydrogen) atoms. The molecule has 4 heteroatoms. The summed E-state index contributed by atoms with van der Waals surface area (Å²) >= 11 is 3.49. The molecular weight excluding hydrogens is 290 g/mol. The average molecular weight is 308 g/mol. The zero-order chi connectivity index (χ0) is 13.4. The highest BCUT2D eigenvalue weighted by atomic mass is 79.9. The lowest BCUT2D eigenvalue weighted by molar-refractivity contribution is 0.779. The summed E-state index contributed by atoms with van der Waals surface area (Å²) in [6.45, 7) is 6.38. The summed E-state index contributed by atoms with van der Waals surface area (Å²) in [6, 6.07) is 6.23. The number of hydrogen-bond donors (Lipinski definition) is 1. The maximum absolute atomic E-state index is 6.11. The van der Waals surface area contributed by atoms with Crippen molar-refractivity contribution in [3.8, 4) is 11.3 Å². The van der Waals surface area contributed by atoms with Crippen LogP contribution in [0.3, 0.4) is 0 Å². The van der Waals surface area contributed by atoms with Gasteiger partial charge in [0.25, 0.3) is 0 Å². The van der Waals surface area contributed by atoms with Crippen molar-refractivity contribution in [2.24, 2.45) is 7.05 Å². The summed E-state index contributed by atoms with van der Waals surface area (Å²) in [5.74, 6) is 1.11. The third-order valence-electron chi connectivity index (χ3n) is 3.15. The van der Waals surface area contributed by atoms with Gasteiger partial charge in [-0.15, -0.1) is 0 Å². The van der Waals surface area contributed by atoms with Gasteiger partial charge in [-0.25, -0.2) is 0 Å². The number of anilines is 1. The fraction of sp³-hybridized carbons (Fsp3) is 0.357. The summed E-state index contributed by atoms with van der Waals surface area (Å²) in [4.78, 5) is 0. The molecule has 0 fully saturated rings. The molecule has 3 nitrogen and oxygen atoms in total. The molecule has 1 aromatic heterocycles. The Morgan fingerprint density at radius 1 is 1.33 bits per heavy atom. The van der Waals surface area contributed by atoms with Crippen molar-refractivity contribution in [3.63, 3.8) is 0 Å². The molecule has 0 bridgehead atoms. The summed E-state index contributed by atoms with van der Waals surface area (Å²) < 4.78 is 2.84. The number of aromatic nitrogens is 2. The Balaban J connectivity index is 2.67. The number of halogens is 1. The number of benzene rings is 1. The smallest absolute Gasteiger partial charge is 0.125 e. The molecule has 0 spiro atoms. The van der Waals surface area contributed by atoms with Gasteiger partial charge in [0, 0.05) is 22.6 Å². The monoisotopic (exact) mass is 307 g/mol. The Morgan fingerprint density at radius 2 is 2.00 bits per heavy atom. The Bertz CT molecular complexity index is 585. The van der Waals surface area contributed by atoms with E-state index in [0.29, 0.717) is 5.92 Å². The van der Waals surface area contributed by atoms with Gasteiger partial charge in [-0.05, 0) is 30.5 Å². The molecule has 96 valence electrons. The van der Waals surface area contributed by atoms with E-state index in [-0.39, 0.29) is 0 Å². The molecule has 0 unspecified atom stereocenters. The van der Waals surface area contributed by atoms with Crippen LogP contribution in [0, 0.1) is 6.92 Å². The average Bonchev–Trinajstić information content (AvgIpc) is 2.55. The van der Waals surface area contributed by atoms with E-state index in [4.69, 9.17) is 5.73 Å². The van der Waals surface area contributed by atoms with E-state index < -0.39 is 0 Å². The van der Waals surface area contributed by atoms with Gasteiger partial charge in [0.05, 0.1) is 5.69 Å². The van der Waals surface area contributed by atoms with Crippen LogP contribution in [0.4, 0.5) is 5.82 Å². The highest BCUT2D eigenvalue weighted by molar-refractivity contribution is 9.10. The molecule has 2 rings (SSSR count).